The molecule has 0 bridgehead atoms. The second kappa shape index (κ2) is 5.88. The van der Waals surface area contributed by atoms with E-state index in [1.54, 1.807) is 0 Å². The SMILES string of the molecule is CCCC1CC1NC(CC)c1ccc(Cl)cc1. The summed E-state index contributed by atoms with van der Waals surface area (Å²) in [5, 5.41) is 4.59. The van der Waals surface area contributed by atoms with Gasteiger partial charge in [0.15, 0.2) is 0 Å². The van der Waals surface area contributed by atoms with Gasteiger partial charge in [-0.3, -0.25) is 0 Å². The van der Waals surface area contributed by atoms with Crippen molar-refractivity contribution >= 4 is 11.6 Å². The van der Waals surface area contributed by atoms with Gasteiger partial charge >= 0.3 is 0 Å². The zero-order valence-electron chi connectivity index (χ0n) is 10.7. The molecule has 1 nitrogen and oxygen atoms in total. The van der Waals surface area contributed by atoms with Crippen LogP contribution in [0.2, 0.25) is 5.02 Å². The summed E-state index contributed by atoms with van der Waals surface area (Å²) in [6.07, 6.45) is 5.17. The average Bonchev–Trinajstić information content (AvgIpc) is 3.06. The van der Waals surface area contributed by atoms with Crippen LogP contribution in [-0.4, -0.2) is 6.04 Å². The van der Waals surface area contributed by atoms with E-state index in [-0.39, 0.29) is 0 Å². The first-order valence-electron chi connectivity index (χ1n) is 6.76. The lowest BCUT2D eigenvalue weighted by atomic mass is 10.0. The normalized spacial score (nSPS) is 24.6. The fourth-order valence-corrected chi connectivity index (χ4v) is 2.67. The molecule has 2 rings (SSSR count). The van der Waals surface area contributed by atoms with Gasteiger partial charge in [0.05, 0.1) is 0 Å². The molecular weight excluding hydrogens is 230 g/mol. The second-order valence-electron chi connectivity index (χ2n) is 5.07. The minimum absolute atomic E-state index is 0.485. The molecule has 3 unspecified atom stereocenters. The Morgan fingerprint density at radius 3 is 2.59 bits per heavy atom. The van der Waals surface area contributed by atoms with E-state index in [0.717, 1.165) is 23.4 Å². The van der Waals surface area contributed by atoms with E-state index in [2.05, 4.69) is 31.3 Å². The van der Waals surface area contributed by atoms with Gasteiger partial charge in [0.1, 0.15) is 0 Å². The van der Waals surface area contributed by atoms with Crippen molar-refractivity contribution in [2.75, 3.05) is 0 Å². The molecule has 0 aromatic heterocycles. The summed E-state index contributed by atoms with van der Waals surface area (Å²) in [6, 6.07) is 9.48. The Balaban J connectivity index is 1.91. The first kappa shape index (κ1) is 12.9. The highest BCUT2D eigenvalue weighted by atomic mass is 35.5. The molecule has 94 valence electrons. The highest BCUT2D eigenvalue weighted by Gasteiger charge is 2.36. The molecule has 1 fully saturated rings. The maximum atomic E-state index is 5.92. The molecular formula is C15H22ClN. The van der Waals surface area contributed by atoms with Gasteiger partial charge in [-0.2, -0.15) is 0 Å². The Kier molecular flexibility index (Phi) is 4.47. The molecule has 0 aliphatic heterocycles. The minimum atomic E-state index is 0.485. The fourth-order valence-electron chi connectivity index (χ4n) is 2.54. The van der Waals surface area contributed by atoms with Crippen molar-refractivity contribution in [3.8, 4) is 0 Å². The quantitative estimate of drug-likeness (QED) is 0.781. The summed E-state index contributed by atoms with van der Waals surface area (Å²) in [7, 11) is 0. The molecule has 1 aliphatic rings. The van der Waals surface area contributed by atoms with E-state index in [4.69, 9.17) is 11.6 Å². The lowest BCUT2D eigenvalue weighted by molar-refractivity contribution is 0.489. The molecule has 17 heavy (non-hydrogen) atoms. The van der Waals surface area contributed by atoms with Crippen LogP contribution < -0.4 is 5.32 Å². The van der Waals surface area contributed by atoms with Gasteiger partial charge in [-0.1, -0.05) is 44.0 Å². The Hall–Kier alpha value is -0.530. The topological polar surface area (TPSA) is 12.0 Å². The second-order valence-corrected chi connectivity index (χ2v) is 5.51. The van der Waals surface area contributed by atoms with Crippen LogP contribution in [0, 0.1) is 5.92 Å². The molecule has 1 N–H and O–H groups in total. The van der Waals surface area contributed by atoms with Crippen LogP contribution >= 0.6 is 11.6 Å². The van der Waals surface area contributed by atoms with Crippen LogP contribution in [0.3, 0.4) is 0 Å². The molecule has 1 aromatic carbocycles. The number of hydrogen-bond acceptors (Lipinski definition) is 1. The van der Waals surface area contributed by atoms with Crippen molar-refractivity contribution in [2.45, 2.75) is 51.6 Å². The molecule has 0 heterocycles. The predicted molar refractivity (Wildman–Crippen MR) is 74.4 cm³/mol. The number of halogens is 1. The van der Waals surface area contributed by atoms with E-state index >= 15 is 0 Å². The molecule has 0 amide bonds. The monoisotopic (exact) mass is 251 g/mol. The summed E-state index contributed by atoms with van der Waals surface area (Å²) in [6.45, 7) is 4.51. The van der Waals surface area contributed by atoms with Crippen LogP contribution in [0.1, 0.15) is 51.1 Å². The summed E-state index contributed by atoms with van der Waals surface area (Å²) in [5.41, 5.74) is 1.36. The summed E-state index contributed by atoms with van der Waals surface area (Å²) >= 11 is 5.92. The van der Waals surface area contributed by atoms with Gasteiger partial charge in [0.25, 0.3) is 0 Å². The molecule has 1 aromatic rings. The zero-order chi connectivity index (χ0) is 12.3. The van der Waals surface area contributed by atoms with Gasteiger partial charge in [0, 0.05) is 17.1 Å². The van der Waals surface area contributed by atoms with Gasteiger partial charge in [-0.05, 0) is 42.9 Å². The largest absolute Gasteiger partial charge is 0.307 e. The van der Waals surface area contributed by atoms with Crippen LogP contribution in [0.4, 0.5) is 0 Å². The van der Waals surface area contributed by atoms with E-state index in [9.17, 15) is 0 Å². The predicted octanol–water partition coefficient (Wildman–Crippen LogP) is 4.57. The maximum Gasteiger partial charge on any atom is 0.0406 e. The highest BCUT2D eigenvalue weighted by molar-refractivity contribution is 6.30. The van der Waals surface area contributed by atoms with Crippen LogP contribution in [-0.2, 0) is 0 Å². The number of hydrogen-bond donors (Lipinski definition) is 1. The Morgan fingerprint density at radius 2 is 2.00 bits per heavy atom. The summed E-state index contributed by atoms with van der Waals surface area (Å²) < 4.78 is 0. The van der Waals surface area contributed by atoms with Gasteiger partial charge in [-0.25, -0.2) is 0 Å². The molecule has 0 spiro atoms. The molecule has 1 saturated carbocycles. The van der Waals surface area contributed by atoms with Gasteiger partial charge < -0.3 is 5.32 Å². The van der Waals surface area contributed by atoms with Crippen LogP contribution in [0.15, 0.2) is 24.3 Å². The number of rotatable bonds is 6. The van der Waals surface area contributed by atoms with Crippen LogP contribution in [0.5, 0.6) is 0 Å². The van der Waals surface area contributed by atoms with Crippen molar-refractivity contribution in [2.24, 2.45) is 5.92 Å². The molecule has 2 heteroatoms. The number of benzene rings is 1. The first-order valence-corrected chi connectivity index (χ1v) is 7.13. The lowest BCUT2D eigenvalue weighted by Crippen LogP contribution is -2.24. The highest BCUT2D eigenvalue weighted by Crippen LogP contribution is 2.37. The standard InChI is InChI=1S/C15H22ClN/c1-3-5-12-10-15(12)17-14(4-2)11-6-8-13(16)9-7-11/h6-9,12,14-15,17H,3-5,10H2,1-2H3. The Bertz CT molecular complexity index is 346. The van der Waals surface area contributed by atoms with Gasteiger partial charge in [-0.15, -0.1) is 0 Å². The van der Waals surface area contributed by atoms with Gasteiger partial charge in [0.2, 0.25) is 0 Å². The molecule has 0 saturated heterocycles. The smallest absolute Gasteiger partial charge is 0.0406 e. The molecule has 0 radical (unpaired) electrons. The first-order chi connectivity index (χ1) is 8.24. The third-order valence-electron chi connectivity index (χ3n) is 3.68. The van der Waals surface area contributed by atoms with E-state index < -0.39 is 0 Å². The number of nitrogens with one attached hydrogen (secondary N) is 1. The summed E-state index contributed by atoms with van der Waals surface area (Å²) in [4.78, 5) is 0. The zero-order valence-corrected chi connectivity index (χ0v) is 11.5. The van der Waals surface area contributed by atoms with E-state index in [1.165, 1.54) is 24.8 Å². The van der Waals surface area contributed by atoms with Crippen LogP contribution in [0.25, 0.3) is 0 Å². The third kappa shape index (κ3) is 3.46. The Morgan fingerprint density at radius 1 is 1.29 bits per heavy atom. The fraction of sp³-hybridized carbons (Fsp3) is 0.600. The van der Waals surface area contributed by atoms with E-state index in [0.29, 0.717) is 6.04 Å². The third-order valence-corrected chi connectivity index (χ3v) is 3.93. The lowest BCUT2D eigenvalue weighted by Gasteiger charge is -2.17. The van der Waals surface area contributed by atoms with Crippen molar-refractivity contribution in [1.29, 1.82) is 0 Å². The maximum absolute atomic E-state index is 5.92. The van der Waals surface area contributed by atoms with Crippen molar-refractivity contribution in [3.63, 3.8) is 0 Å². The van der Waals surface area contributed by atoms with Crippen molar-refractivity contribution in [3.05, 3.63) is 34.9 Å². The summed E-state index contributed by atoms with van der Waals surface area (Å²) in [5.74, 6) is 0.918. The van der Waals surface area contributed by atoms with E-state index in [1.807, 2.05) is 12.1 Å². The Labute approximate surface area is 110 Å². The average molecular weight is 252 g/mol. The van der Waals surface area contributed by atoms with Crippen molar-refractivity contribution in [1.82, 2.24) is 5.32 Å². The minimum Gasteiger partial charge on any atom is -0.307 e. The van der Waals surface area contributed by atoms with Crippen molar-refractivity contribution < 1.29 is 0 Å². The molecule has 1 aliphatic carbocycles. The molecule has 3 atom stereocenters.